The molecule has 19 heavy (non-hydrogen) atoms. The highest BCUT2D eigenvalue weighted by atomic mass is 16.3. The summed E-state index contributed by atoms with van der Waals surface area (Å²) in [4.78, 5) is 25.4. The average molecular weight is 253 g/mol. The predicted octanol–water partition coefficient (Wildman–Crippen LogP) is 2.43. The first-order valence-electron chi connectivity index (χ1n) is 5.85. The lowest BCUT2D eigenvalue weighted by atomic mass is 9.93. The van der Waals surface area contributed by atoms with E-state index in [-0.39, 0.29) is 11.8 Å². The van der Waals surface area contributed by atoms with Gasteiger partial charge < -0.3 is 4.42 Å². The van der Waals surface area contributed by atoms with Gasteiger partial charge in [0.2, 0.25) is 0 Å². The van der Waals surface area contributed by atoms with E-state index in [0.717, 1.165) is 4.90 Å². The number of imide groups is 1. The summed E-state index contributed by atoms with van der Waals surface area (Å²) in [6, 6.07) is 10.6. The van der Waals surface area contributed by atoms with Gasteiger partial charge in [-0.15, -0.1) is 0 Å². The van der Waals surface area contributed by atoms with Crippen LogP contribution in [0.5, 0.6) is 0 Å². The average Bonchev–Trinajstić information content (AvgIpc) is 2.94. The molecule has 2 heterocycles. The van der Waals surface area contributed by atoms with E-state index in [9.17, 15) is 9.59 Å². The van der Waals surface area contributed by atoms with Crippen LogP contribution in [0.4, 0.5) is 0 Å². The highest BCUT2D eigenvalue weighted by Crippen LogP contribution is 2.29. The maximum atomic E-state index is 12.2. The fraction of sp³-hybridized carbons (Fsp3) is 0.0667. The first kappa shape index (κ1) is 11.5. The van der Waals surface area contributed by atoms with Crippen LogP contribution in [0, 0.1) is 0 Å². The van der Waals surface area contributed by atoms with Crippen molar-refractivity contribution in [2.24, 2.45) is 0 Å². The van der Waals surface area contributed by atoms with Gasteiger partial charge >= 0.3 is 0 Å². The number of hydrogen-bond donors (Lipinski definition) is 0. The minimum atomic E-state index is -0.319. The van der Waals surface area contributed by atoms with Crippen LogP contribution < -0.4 is 0 Å². The van der Waals surface area contributed by atoms with Crippen LogP contribution in [0.25, 0.3) is 11.6 Å². The summed E-state index contributed by atoms with van der Waals surface area (Å²) >= 11 is 0. The van der Waals surface area contributed by atoms with E-state index >= 15 is 0 Å². The highest BCUT2D eigenvalue weighted by Gasteiger charge is 2.31. The number of furan rings is 1. The Bertz CT molecular complexity index is 683. The molecule has 1 aliphatic rings. The molecule has 0 unspecified atom stereocenters. The lowest BCUT2D eigenvalue weighted by Crippen LogP contribution is -2.38. The van der Waals surface area contributed by atoms with Crippen LogP contribution in [0.3, 0.4) is 0 Å². The minimum absolute atomic E-state index is 0.280. The second-order valence-electron chi connectivity index (χ2n) is 4.29. The van der Waals surface area contributed by atoms with E-state index in [0.29, 0.717) is 22.5 Å². The molecule has 0 atom stereocenters. The van der Waals surface area contributed by atoms with Crippen LogP contribution in [0.2, 0.25) is 0 Å². The molecule has 0 fully saturated rings. The number of amides is 2. The summed E-state index contributed by atoms with van der Waals surface area (Å²) in [5.74, 6) is -0.0156. The Hall–Kier alpha value is -2.62. The third-order valence-electron chi connectivity index (χ3n) is 3.12. The number of carbonyl (C=O) groups is 2. The second kappa shape index (κ2) is 4.24. The highest BCUT2D eigenvalue weighted by molar-refractivity contribution is 6.33. The molecule has 2 amide bonds. The molecule has 4 nitrogen and oxygen atoms in total. The standard InChI is InChI=1S/C15H11NO3/c1-16-14(17)12-7-3-2-6-11(12)13(15(16)18)9-10-5-4-8-19-10/h2-9H,1H3. The van der Waals surface area contributed by atoms with Gasteiger partial charge in [0.15, 0.2) is 0 Å². The number of fused-ring (bicyclic) bond motifs is 1. The first-order valence-corrected chi connectivity index (χ1v) is 5.85. The van der Waals surface area contributed by atoms with Crippen molar-refractivity contribution >= 4 is 23.5 Å². The second-order valence-corrected chi connectivity index (χ2v) is 4.29. The van der Waals surface area contributed by atoms with Crippen molar-refractivity contribution in [3.05, 3.63) is 59.5 Å². The molecular weight excluding hydrogens is 242 g/mol. The topological polar surface area (TPSA) is 50.5 Å². The van der Waals surface area contributed by atoms with Crippen molar-refractivity contribution in [1.82, 2.24) is 4.90 Å². The Morgan fingerprint density at radius 3 is 2.42 bits per heavy atom. The molecule has 0 bridgehead atoms. The summed E-state index contributed by atoms with van der Waals surface area (Å²) in [6.45, 7) is 0. The van der Waals surface area contributed by atoms with Crippen molar-refractivity contribution in [3.8, 4) is 0 Å². The Labute approximate surface area is 109 Å². The zero-order valence-corrected chi connectivity index (χ0v) is 10.3. The molecule has 0 saturated heterocycles. The van der Waals surface area contributed by atoms with Crippen molar-refractivity contribution in [1.29, 1.82) is 0 Å². The van der Waals surface area contributed by atoms with E-state index in [1.165, 1.54) is 7.05 Å². The van der Waals surface area contributed by atoms with Gasteiger partial charge in [0.1, 0.15) is 5.76 Å². The molecule has 2 aromatic rings. The van der Waals surface area contributed by atoms with Gasteiger partial charge in [-0.05, 0) is 24.3 Å². The molecule has 1 aromatic heterocycles. The van der Waals surface area contributed by atoms with E-state index in [1.807, 2.05) is 0 Å². The van der Waals surface area contributed by atoms with Gasteiger partial charge in [-0.25, -0.2) is 0 Å². The Morgan fingerprint density at radius 1 is 1.00 bits per heavy atom. The summed E-state index contributed by atoms with van der Waals surface area (Å²) in [6.07, 6.45) is 3.20. The van der Waals surface area contributed by atoms with Gasteiger partial charge in [-0.1, -0.05) is 18.2 Å². The summed E-state index contributed by atoms with van der Waals surface area (Å²) < 4.78 is 5.23. The number of rotatable bonds is 1. The summed E-state index contributed by atoms with van der Waals surface area (Å²) in [5, 5.41) is 0. The van der Waals surface area contributed by atoms with Crippen molar-refractivity contribution in [3.63, 3.8) is 0 Å². The van der Waals surface area contributed by atoms with Gasteiger partial charge in [0, 0.05) is 18.2 Å². The molecule has 0 N–H and O–H groups in total. The largest absolute Gasteiger partial charge is 0.465 e. The Kier molecular flexibility index (Phi) is 2.56. The number of carbonyl (C=O) groups excluding carboxylic acids is 2. The molecular formula is C15H11NO3. The molecule has 4 heteroatoms. The minimum Gasteiger partial charge on any atom is -0.465 e. The van der Waals surface area contributed by atoms with E-state index in [4.69, 9.17) is 4.42 Å². The van der Waals surface area contributed by atoms with Crippen molar-refractivity contribution in [2.45, 2.75) is 0 Å². The zero-order valence-electron chi connectivity index (χ0n) is 10.3. The normalized spacial score (nSPS) is 16.9. The fourth-order valence-electron chi connectivity index (χ4n) is 2.13. The van der Waals surface area contributed by atoms with Crippen LogP contribution >= 0.6 is 0 Å². The molecule has 1 aliphatic heterocycles. The van der Waals surface area contributed by atoms with Crippen LogP contribution in [-0.2, 0) is 4.79 Å². The molecule has 94 valence electrons. The molecule has 0 aliphatic carbocycles. The van der Waals surface area contributed by atoms with Gasteiger partial charge in [0.25, 0.3) is 11.8 Å². The predicted molar refractivity (Wildman–Crippen MR) is 70.1 cm³/mol. The Balaban J connectivity index is 2.21. The van der Waals surface area contributed by atoms with Crippen molar-refractivity contribution < 1.29 is 14.0 Å². The lowest BCUT2D eigenvalue weighted by Gasteiger charge is -2.25. The quantitative estimate of drug-likeness (QED) is 0.579. The molecule has 0 radical (unpaired) electrons. The molecule has 0 saturated carbocycles. The van der Waals surface area contributed by atoms with E-state index in [2.05, 4.69) is 0 Å². The van der Waals surface area contributed by atoms with Gasteiger partial charge in [0.05, 0.1) is 11.8 Å². The molecule has 0 spiro atoms. The summed E-state index contributed by atoms with van der Waals surface area (Å²) in [7, 11) is 1.48. The van der Waals surface area contributed by atoms with E-state index < -0.39 is 0 Å². The van der Waals surface area contributed by atoms with Gasteiger partial charge in [-0.2, -0.15) is 0 Å². The van der Waals surface area contributed by atoms with Crippen LogP contribution in [0.1, 0.15) is 21.7 Å². The summed E-state index contributed by atoms with van der Waals surface area (Å²) in [5.41, 5.74) is 1.64. The third kappa shape index (κ3) is 1.78. The maximum Gasteiger partial charge on any atom is 0.261 e. The Morgan fingerprint density at radius 2 is 1.74 bits per heavy atom. The lowest BCUT2D eigenvalue weighted by molar-refractivity contribution is -0.121. The van der Waals surface area contributed by atoms with Crippen LogP contribution in [-0.4, -0.2) is 23.8 Å². The smallest absolute Gasteiger partial charge is 0.261 e. The van der Waals surface area contributed by atoms with Gasteiger partial charge in [-0.3, -0.25) is 14.5 Å². The number of nitrogens with zero attached hydrogens (tertiary/aromatic N) is 1. The SMILES string of the molecule is CN1C(=O)C(=Cc2ccco2)c2ccccc2C1=O. The monoisotopic (exact) mass is 253 g/mol. The fourth-order valence-corrected chi connectivity index (χ4v) is 2.13. The zero-order chi connectivity index (χ0) is 13.4. The number of hydrogen-bond acceptors (Lipinski definition) is 3. The first-order chi connectivity index (χ1) is 9.18. The molecule has 3 rings (SSSR count). The van der Waals surface area contributed by atoms with Crippen LogP contribution in [0.15, 0.2) is 47.1 Å². The maximum absolute atomic E-state index is 12.2. The number of likely N-dealkylation sites (N-methyl/N-ethyl adjacent to an activating group) is 1. The number of benzene rings is 1. The molecule has 1 aromatic carbocycles. The van der Waals surface area contributed by atoms with Crippen molar-refractivity contribution in [2.75, 3.05) is 7.05 Å². The van der Waals surface area contributed by atoms with E-state index in [1.54, 1.807) is 48.7 Å². The third-order valence-corrected chi connectivity index (χ3v) is 3.12.